The Morgan fingerprint density at radius 2 is 1.00 bits per heavy atom. The number of aliphatic hydroxyl groups is 2. The number of hydrogen-bond donors (Lipinski definition) is 3. The van der Waals surface area contributed by atoms with Crippen LogP contribution >= 0.6 is 0 Å². The fraction of sp³-hybridized carbons (Fsp3) is 0.731. The lowest BCUT2D eigenvalue weighted by atomic mass is 10.0. The summed E-state index contributed by atoms with van der Waals surface area (Å²) in [4.78, 5) is 26.0. The lowest BCUT2D eigenvalue weighted by Gasteiger charge is -2.24. The Bertz CT molecular complexity index is 1090. The van der Waals surface area contributed by atoms with Crippen LogP contribution in [0.3, 0.4) is 0 Å². The zero-order chi connectivity index (χ0) is 42.4. The number of rotatable bonds is 42. The third-order valence-electron chi connectivity index (χ3n) is 10.6. The minimum atomic E-state index is -0.809. The van der Waals surface area contributed by atoms with Gasteiger partial charge in [0.05, 0.1) is 25.2 Å². The van der Waals surface area contributed by atoms with Crippen LogP contribution in [0.1, 0.15) is 220 Å². The summed E-state index contributed by atoms with van der Waals surface area (Å²) in [6, 6.07) is -0.727. The van der Waals surface area contributed by atoms with Crippen molar-refractivity contribution in [1.29, 1.82) is 0 Å². The highest BCUT2D eigenvalue weighted by atomic mass is 16.5. The van der Waals surface area contributed by atoms with E-state index in [2.05, 4.69) is 62.5 Å². The minimum absolute atomic E-state index is 0.0264. The second-order valence-corrected chi connectivity index (χ2v) is 16.2. The van der Waals surface area contributed by atoms with Crippen LogP contribution in [-0.4, -0.2) is 46.9 Å². The molecule has 0 bridgehead atoms. The predicted octanol–water partition coefficient (Wildman–Crippen LogP) is 14.2. The highest BCUT2D eigenvalue weighted by molar-refractivity contribution is 5.77. The monoisotopic (exact) mass is 810 g/mol. The van der Waals surface area contributed by atoms with Crippen molar-refractivity contribution in [2.45, 2.75) is 238 Å². The van der Waals surface area contributed by atoms with Crippen molar-refractivity contribution < 1.29 is 24.5 Å². The zero-order valence-corrected chi connectivity index (χ0v) is 37.9. The van der Waals surface area contributed by atoms with E-state index < -0.39 is 18.2 Å². The highest BCUT2D eigenvalue weighted by Gasteiger charge is 2.24. The van der Waals surface area contributed by atoms with E-state index >= 15 is 0 Å². The number of nitrogens with one attached hydrogen (secondary N) is 1. The van der Waals surface area contributed by atoms with E-state index in [-0.39, 0.29) is 31.3 Å². The third-order valence-corrected chi connectivity index (χ3v) is 10.6. The van der Waals surface area contributed by atoms with Gasteiger partial charge in [-0.25, -0.2) is 0 Å². The summed E-state index contributed by atoms with van der Waals surface area (Å²) in [6.45, 7) is 6.30. The predicted molar refractivity (Wildman–Crippen MR) is 250 cm³/mol. The molecular weight excluding hydrogens is 719 g/mol. The highest BCUT2D eigenvalue weighted by Crippen LogP contribution is 2.17. The molecule has 3 unspecified atom stereocenters. The molecule has 0 saturated carbocycles. The molecule has 0 saturated heterocycles. The summed E-state index contributed by atoms with van der Waals surface area (Å²) in [5.74, 6) is -0.598. The number of amides is 1. The first-order chi connectivity index (χ1) is 28.5. The lowest BCUT2D eigenvalue weighted by Crippen LogP contribution is -2.46. The molecule has 3 atom stereocenters. The van der Waals surface area contributed by atoms with E-state index in [9.17, 15) is 19.8 Å². The van der Waals surface area contributed by atoms with Crippen molar-refractivity contribution >= 4 is 11.9 Å². The smallest absolute Gasteiger partial charge is 0.306 e. The van der Waals surface area contributed by atoms with E-state index in [0.717, 1.165) is 64.2 Å². The second kappa shape index (κ2) is 45.4. The molecule has 58 heavy (non-hydrogen) atoms. The number of carbonyl (C=O) groups excluding carboxylic acids is 2. The Morgan fingerprint density at radius 3 is 1.57 bits per heavy atom. The van der Waals surface area contributed by atoms with Crippen LogP contribution in [0.4, 0.5) is 0 Å². The summed E-state index contributed by atoms with van der Waals surface area (Å²) in [6.07, 6.45) is 56.8. The van der Waals surface area contributed by atoms with Gasteiger partial charge in [0.1, 0.15) is 6.10 Å². The molecule has 6 heteroatoms. The Kier molecular flexibility index (Phi) is 43.3. The molecule has 0 aliphatic heterocycles. The molecule has 0 aromatic rings. The molecule has 0 rings (SSSR count). The van der Waals surface area contributed by atoms with E-state index in [1.54, 1.807) is 0 Å². The number of allylic oxidation sites excluding steroid dienone is 12. The third kappa shape index (κ3) is 40.1. The van der Waals surface area contributed by atoms with Gasteiger partial charge in [0.15, 0.2) is 0 Å². The van der Waals surface area contributed by atoms with Crippen LogP contribution in [0.2, 0.25) is 0 Å². The molecule has 1 amide bonds. The van der Waals surface area contributed by atoms with Crippen LogP contribution in [-0.2, 0) is 14.3 Å². The van der Waals surface area contributed by atoms with Crippen molar-refractivity contribution in [1.82, 2.24) is 5.32 Å². The van der Waals surface area contributed by atoms with Gasteiger partial charge in [-0.15, -0.1) is 0 Å². The van der Waals surface area contributed by atoms with Crippen molar-refractivity contribution in [3.8, 4) is 0 Å². The van der Waals surface area contributed by atoms with Crippen LogP contribution in [0, 0.1) is 0 Å². The first-order valence-corrected chi connectivity index (χ1v) is 24.2. The Hall–Kier alpha value is -2.70. The minimum Gasteiger partial charge on any atom is -0.462 e. The average molecular weight is 810 g/mol. The van der Waals surface area contributed by atoms with Gasteiger partial charge in [0, 0.05) is 6.42 Å². The first kappa shape index (κ1) is 55.3. The lowest BCUT2D eigenvalue weighted by molar-refractivity contribution is -0.150. The quantitative estimate of drug-likeness (QED) is 0.0247. The van der Waals surface area contributed by atoms with Crippen molar-refractivity contribution in [3.63, 3.8) is 0 Å². The maximum absolute atomic E-state index is 13.2. The van der Waals surface area contributed by atoms with Crippen LogP contribution < -0.4 is 5.32 Å². The molecule has 0 aromatic heterocycles. The summed E-state index contributed by atoms with van der Waals surface area (Å²) in [5, 5.41) is 23.7. The molecule has 0 aromatic carbocycles. The fourth-order valence-corrected chi connectivity index (χ4v) is 6.96. The summed E-state index contributed by atoms with van der Waals surface area (Å²) < 4.78 is 5.86. The molecule has 0 heterocycles. The van der Waals surface area contributed by atoms with Gasteiger partial charge < -0.3 is 20.3 Å². The molecule has 6 nitrogen and oxygen atoms in total. The van der Waals surface area contributed by atoms with Crippen LogP contribution in [0.25, 0.3) is 0 Å². The van der Waals surface area contributed by atoms with Crippen molar-refractivity contribution in [3.05, 3.63) is 72.9 Å². The van der Waals surface area contributed by atoms with Gasteiger partial charge in [0.2, 0.25) is 5.91 Å². The summed E-state index contributed by atoms with van der Waals surface area (Å²) >= 11 is 0. The summed E-state index contributed by atoms with van der Waals surface area (Å²) in [5.41, 5.74) is 0. The Morgan fingerprint density at radius 1 is 0.534 bits per heavy atom. The maximum Gasteiger partial charge on any atom is 0.306 e. The number of carbonyl (C=O) groups is 2. The fourth-order valence-electron chi connectivity index (χ4n) is 6.96. The first-order valence-electron chi connectivity index (χ1n) is 24.2. The number of ether oxygens (including phenoxy) is 1. The van der Waals surface area contributed by atoms with Gasteiger partial charge >= 0.3 is 5.97 Å². The Balaban J connectivity index is 4.72. The molecule has 0 spiro atoms. The van der Waals surface area contributed by atoms with E-state index in [1.165, 1.54) is 103 Å². The van der Waals surface area contributed by atoms with Gasteiger partial charge in [0.25, 0.3) is 0 Å². The maximum atomic E-state index is 13.2. The van der Waals surface area contributed by atoms with E-state index in [0.29, 0.717) is 19.3 Å². The normalized spacial score (nSPS) is 13.9. The number of esters is 1. The van der Waals surface area contributed by atoms with Crippen LogP contribution in [0.5, 0.6) is 0 Å². The number of aliphatic hydroxyl groups excluding tert-OH is 2. The van der Waals surface area contributed by atoms with E-state index in [1.807, 2.05) is 36.5 Å². The molecule has 0 aliphatic carbocycles. The molecule has 0 aliphatic rings. The van der Waals surface area contributed by atoms with Gasteiger partial charge in [-0.1, -0.05) is 216 Å². The van der Waals surface area contributed by atoms with Gasteiger partial charge in [-0.3, -0.25) is 9.59 Å². The SMILES string of the molecule is CC/C=C/C=C/C=C/C=C\CCCCCC(CC(=O)NC(CO)C(O)CCCCCCCCCCCCCCC)OC(=O)CC/C=C/C/C=C\CCCCCCCC. The molecular formula is C52H91NO5. The molecule has 0 radical (unpaired) electrons. The number of hydrogen-bond acceptors (Lipinski definition) is 5. The molecule has 334 valence electrons. The zero-order valence-electron chi connectivity index (χ0n) is 37.9. The Labute approximate surface area is 358 Å². The topological polar surface area (TPSA) is 95.9 Å². The number of unbranched alkanes of at least 4 members (excludes halogenated alkanes) is 21. The summed E-state index contributed by atoms with van der Waals surface area (Å²) in [7, 11) is 0. The second-order valence-electron chi connectivity index (χ2n) is 16.2. The van der Waals surface area contributed by atoms with Gasteiger partial charge in [-0.05, 0) is 64.2 Å². The molecule has 0 fully saturated rings. The van der Waals surface area contributed by atoms with E-state index in [4.69, 9.17) is 4.74 Å². The molecule has 3 N–H and O–H groups in total. The van der Waals surface area contributed by atoms with Crippen molar-refractivity contribution in [2.75, 3.05) is 6.61 Å². The average Bonchev–Trinajstić information content (AvgIpc) is 3.22. The largest absolute Gasteiger partial charge is 0.462 e. The standard InChI is InChI=1S/C52H91NO5/c1-4-7-10-13-16-19-22-25-28-31-34-37-40-43-48(58-52(57)45-42-39-36-33-30-27-24-21-18-15-12-9-6-3)46-51(56)53-49(47-54)50(55)44-41-38-35-32-29-26-23-20-17-14-11-8-5-2/h7,10,13,16,19,22,25,27-28,30,36,39,48-50,54-55H,4-6,8-9,11-12,14-15,17-18,20-21,23-24,26,29,31-35,37-38,40-47H2,1-3H3,(H,53,56)/b10-7+,16-13+,22-19+,28-25-,30-27-,39-36+. The van der Waals surface area contributed by atoms with Gasteiger partial charge in [-0.2, -0.15) is 0 Å². The van der Waals surface area contributed by atoms with Crippen molar-refractivity contribution in [2.24, 2.45) is 0 Å². The van der Waals surface area contributed by atoms with Crippen LogP contribution in [0.15, 0.2) is 72.9 Å².